The van der Waals surface area contributed by atoms with Crippen LogP contribution in [0.2, 0.25) is 0 Å². The molecule has 0 saturated carbocycles. The molecule has 154 valence electrons. The molecular weight excluding hydrogens is 352 g/mol. The van der Waals surface area contributed by atoms with Crippen LogP contribution in [-0.2, 0) is 9.53 Å². The van der Waals surface area contributed by atoms with Gasteiger partial charge in [-0.25, -0.2) is 0 Å². The number of carbonyl (C=O) groups is 1. The molecule has 2 heterocycles. The van der Waals surface area contributed by atoms with Crippen LogP contribution in [0.4, 0.5) is 0 Å². The molecule has 0 spiro atoms. The van der Waals surface area contributed by atoms with E-state index in [0.717, 1.165) is 32.5 Å². The minimum atomic E-state index is -0.117. The van der Waals surface area contributed by atoms with Gasteiger partial charge in [0.15, 0.2) is 0 Å². The third kappa shape index (κ3) is 5.06. The highest BCUT2D eigenvalue weighted by Crippen LogP contribution is 2.32. The van der Waals surface area contributed by atoms with Gasteiger partial charge in [-0.15, -0.1) is 0 Å². The zero-order chi connectivity index (χ0) is 19.9. The van der Waals surface area contributed by atoms with E-state index in [1.165, 1.54) is 18.1 Å². The van der Waals surface area contributed by atoms with Crippen LogP contribution in [0.5, 0.6) is 0 Å². The van der Waals surface area contributed by atoms with E-state index in [1.807, 2.05) is 4.90 Å². The van der Waals surface area contributed by atoms with Gasteiger partial charge in [-0.3, -0.25) is 9.69 Å². The zero-order valence-electron chi connectivity index (χ0n) is 17.1. The van der Waals surface area contributed by atoms with Crippen molar-refractivity contribution >= 4 is 5.91 Å². The normalized spacial score (nSPS) is 23.4. The molecule has 0 radical (unpaired) electrons. The number of ether oxygens (including phenoxy) is 1. The van der Waals surface area contributed by atoms with Crippen molar-refractivity contribution in [2.45, 2.75) is 51.2 Å². The van der Waals surface area contributed by atoms with E-state index in [2.05, 4.69) is 54.4 Å². The smallest absolute Gasteiger partial charge is 0.248 e. The highest BCUT2D eigenvalue weighted by Gasteiger charge is 2.34. The molecule has 3 atom stereocenters. The van der Waals surface area contributed by atoms with E-state index in [1.54, 1.807) is 0 Å². The van der Waals surface area contributed by atoms with Crippen molar-refractivity contribution in [3.05, 3.63) is 47.8 Å². The Balaban J connectivity index is 1.63. The molecule has 2 aliphatic heterocycles. The summed E-state index contributed by atoms with van der Waals surface area (Å²) >= 11 is 0. The van der Waals surface area contributed by atoms with Crippen LogP contribution in [0.3, 0.4) is 0 Å². The molecule has 0 aromatic heterocycles. The Morgan fingerprint density at radius 3 is 2.68 bits per heavy atom. The summed E-state index contributed by atoms with van der Waals surface area (Å²) in [5, 5.41) is 3.19. The molecule has 3 rings (SSSR count). The molecule has 2 aliphatic rings. The first-order valence-electron chi connectivity index (χ1n) is 10.5. The molecular formula is C22H34N4O2. The largest absolute Gasteiger partial charge is 0.385 e. The predicted octanol–water partition coefficient (Wildman–Crippen LogP) is 2.24. The van der Waals surface area contributed by atoms with Gasteiger partial charge in [0.25, 0.3) is 0 Å². The maximum absolute atomic E-state index is 12.6. The number of nitrogens with zero attached hydrogens (tertiary/aromatic N) is 2. The fourth-order valence-corrected chi connectivity index (χ4v) is 4.39. The predicted molar refractivity (Wildman–Crippen MR) is 111 cm³/mol. The highest BCUT2D eigenvalue weighted by molar-refractivity contribution is 5.88. The Morgan fingerprint density at radius 2 is 2.00 bits per heavy atom. The van der Waals surface area contributed by atoms with Crippen molar-refractivity contribution in [3.8, 4) is 0 Å². The lowest BCUT2D eigenvalue weighted by atomic mass is 9.91. The van der Waals surface area contributed by atoms with Crippen LogP contribution in [0.25, 0.3) is 0 Å². The quantitative estimate of drug-likeness (QED) is 0.704. The van der Waals surface area contributed by atoms with Crippen LogP contribution in [0.15, 0.2) is 42.2 Å². The van der Waals surface area contributed by atoms with Gasteiger partial charge < -0.3 is 20.7 Å². The highest BCUT2D eigenvalue weighted by atomic mass is 16.5. The van der Waals surface area contributed by atoms with E-state index in [-0.39, 0.29) is 12.1 Å². The van der Waals surface area contributed by atoms with Crippen molar-refractivity contribution in [2.24, 2.45) is 5.73 Å². The summed E-state index contributed by atoms with van der Waals surface area (Å²) in [6.07, 6.45) is 4.75. The molecule has 0 bridgehead atoms. The summed E-state index contributed by atoms with van der Waals surface area (Å²) in [7, 11) is 0. The fraction of sp³-hybridized carbons (Fsp3) is 0.591. The summed E-state index contributed by atoms with van der Waals surface area (Å²) in [5.74, 6) is 0.837. The van der Waals surface area contributed by atoms with E-state index in [4.69, 9.17) is 10.5 Å². The Morgan fingerprint density at radius 1 is 1.29 bits per heavy atom. The fourth-order valence-electron chi connectivity index (χ4n) is 4.39. The first-order valence-corrected chi connectivity index (χ1v) is 10.5. The Bertz CT molecular complexity index is 658. The Labute approximate surface area is 168 Å². The summed E-state index contributed by atoms with van der Waals surface area (Å²) < 4.78 is 5.34. The number of nitrogens with one attached hydrogen (secondary N) is 1. The third-order valence-corrected chi connectivity index (χ3v) is 6.00. The minimum Gasteiger partial charge on any atom is -0.385 e. The average molecular weight is 387 g/mol. The van der Waals surface area contributed by atoms with Gasteiger partial charge in [0.1, 0.15) is 5.82 Å². The van der Waals surface area contributed by atoms with Crippen LogP contribution in [0.1, 0.15) is 44.6 Å². The number of benzene rings is 1. The maximum Gasteiger partial charge on any atom is 0.248 e. The van der Waals surface area contributed by atoms with Gasteiger partial charge >= 0.3 is 0 Å². The molecule has 1 aromatic carbocycles. The van der Waals surface area contributed by atoms with Crippen molar-refractivity contribution in [1.82, 2.24) is 15.1 Å². The van der Waals surface area contributed by atoms with Gasteiger partial charge in [-0.2, -0.15) is 0 Å². The molecule has 6 nitrogen and oxygen atoms in total. The molecule has 3 N–H and O–H groups in total. The second-order valence-corrected chi connectivity index (χ2v) is 7.75. The van der Waals surface area contributed by atoms with E-state index in [9.17, 15) is 4.79 Å². The molecule has 1 unspecified atom stereocenters. The SMILES string of the molecule is CCC(NC(=O)/C=C(\N)N1CCOCC1)N1CCC[C@@H]1[C@@H](C)c1ccccc1. The monoisotopic (exact) mass is 386 g/mol. The molecule has 28 heavy (non-hydrogen) atoms. The third-order valence-electron chi connectivity index (χ3n) is 6.00. The molecule has 1 aromatic rings. The minimum absolute atomic E-state index is 0.0277. The molecule has 2 saturated heterocycles. The topological polar surface area (TPSA) is 70.8 Å². The number of carbonyl (C=O) groups excluding carboxylic acids is 1. The van der Waals surface area contributed by atoms with Crippen molar-refractivity contribution < 1.29 is 9.53 Å². The van der Waals surface area contributed by atoms with Crippen molar-refractivity contribution in [3.63, 3.8) is 0 Å². The van der Waals surface area contributed by atoms with Crippen LogP contribution in [-0.4, -0.2) is 60.8 Å². The Hall–Kier alpha value is -2.05. The lowest BCUT2D eigenvalue weighted by Crippen LogP contribution is -2.51. The molecule has 6 heteroatoms. The number of rotatable bonds is 7. The van der Waals surface area contributed by atoms with Gasteiger partial charge in [0.2, 0.25) is 5.91 Å². The van der Waals surface area contributed by atoms with E-state index >= 15 is 0 Å². The first kappa shape index (κ1) is 20.7. The van der Waals surface area contributed by atoms with Gasteiger partial charge in [0, 0.05) is 31.8 Å². The Kier molecular flexibility index (Phi) is 7.34. The van der Waals surface area contributed by atoms with Crippen LogP contribution in [0, 0.1) is 0 Å². The number of nitrogens with two attached hydrogens (primary N) is 1. The van der Waals surface area contributed by atoms with E-state index < -0.39 is 0 Å². The summed E-state index contributed by atoms with van der Waals surface area (Å²) in [5.41, 5.74) is 7.49. The summed E-state index contributed by atoms with van der Waals surface area (Å²) in [6, 6.07) is 11.1. The molecule has 2 fully saturated rings. The van der Waals surface area contributed by atoms with Gasteiger partial charge in [-0.05, 0) is 30.7 Å². The van der Waals surface area contributed by atoms with E-state index in [0.29, 0.717) is 31.0 Å². The number of hydrogen-bond acceptors (Lipinski definition) is 5. The molecule has 0 aliphatic carbocycles. The summed E-state index contributed by atoms with van der Waals surface area (Å²) in [6.45, 7) is 8.21. The van der Waals surface area contributed by atoms with Crippen LogP contribution >= 0.6 is 0 Å². The van der Waals surface area contributed by atoms with Crippen molar-refractivity contribution in [1.29, 1.82) is 0 Å². The number of amides is 1. The molecule has 1 amide bonds. The zero-order valence-corrected chi connectivity index (χ0v) is 17.1. The van der Waals surface area contributed by atoms with Gasteiger partial charge in [-0.1, -0.05) is 44.2 Å². The lowest BCUT2D eigenvalue weighted by Gasteiger charge is -2.36. The lowest BCUT2D eigenvalue weighted by molar-refractivity contribution is -0.118. The van der Waals surface area contributed by atoms with Crippen LogP contribution < -0.4 is 11.1 Å². The number of morpholine rings is 1. The number of hydrogen-bond donors (Lipinski definition) is 2. The second kappa shape index (κ2) is 9.94. The summed E-state index contributed by atoms with van der Waals surface area (Å²) in [4.78, 5) is 17.1. The average Bonchev–Trinajstić information content (AvgIpc) is 3.22. The maximum atomic E-state index is 12.6. The number of likely N-dealkylation sites (tertiary alicyclic amines) is 1. The standard InChI is InChI=1S/C22H34N4O2/c1-3-21(24-22(27)16-20(23)25-12-14-28-15-13-25)26-11-7-10-19(26)17(2)18-8-5-4-6-9-18/h4-6,8-9,16-17,19,21H,3,7,10-15,23H2,1-2H3,(H,24,27)/b20-16+/t17-,19+,21?/m0/s1. The first-order chi connectivity index (χ1) is 13.6. The second-order valence-electron chi connectivity index (χ2n) is 7.75. The van der Waals surface area contributed by atoms with Crippen molar-refractivity contribution in [2.75, 3.05) is 32.8 Å². The van der Waals surface area contributed by atoms with Gasteiger partial charge in [0.05, 0.1) is 19.4 Å².